The Hall–Kier alpha value is -1.62. The Bertz CT molecular complexity index is 460. The van der Waals surface area contributed by atoms with E-state index in [1.807, 2.05) is 19.2 Å². The Balaban J connectivity index is 1.81. The molecule has 2 aliphatic rings. The molecule has 2 atom stereocenters. The molecule has 0 aromatic heterocycles. The lowest BCUT2D eigenvalue weighted by atomic mass is 9.96. The molecule has 2 saturated heterocycles. The van der Waals surface area contributed by atoms with E-state index in [0.29, 0.717) is 18.1 Å². The number of non-ortho nitro benzene ring substituents is 1. The van der Waals surface area contributed by atoms with Crippen LogP contribution in [0.4, 0.5) is 11.4 Å². The average molecular weight is 261 g/mol. The normalized spacial score (nSPS) is 29.5. The standard InChI is InChI=1S/C14H19N3O2/c1-15-10-8-13-6-7-14(9-10)16(13)11-2-4-12(5-3-11)17(18)19/h2-5,10,13-15H,6-9H2,1H3. The van der Waals surface area contributed by atoms with Crippen molar-refractivity contribution >= 4 is 11.4 Å². The summed E-state index contributed by atoms with van der Waals surface area (Å²) >= 11 is 0. The minimum Gasteiger partial charge on any atom is -0.365 e. The molecular weight excluding hydrogens is 242 g/mol. The van der Waals surface area contributed by atoms with Gasteiger partial charge in [0, 0.05) is 35.9 Å². The van der Waals surface area contributed by atoms with Crippen molar-refractivity contribution in [1.29, 1.82) is 0 Å². The number of benzene rings is 1. The summed E-state index contributed by atoms with van der Waals surface area (Å²) < 4.78 is 0. The number of hydrogen-bond acceptors (Lipinski definition) is 4. The highest BCUT2D eigenvalue weighted by molar-refractivity contribution is 5.54. The number of nitrogens with one attached hydrogen (secondary N) is 1. The van der Waals surface area contributed by atoms with E-state index in [9.17, 15) is 10.1 Å². The largest absolute Gasteiger partial charge is 0.365 e. The molecule has 0 amide bonds. The second-order valence-electron chi connectivity index (χ2n) is 5.52. The van der Waals surface area contributed by atoms with Gasteiger partial charge in [0.25, 0.3) is 5.69 Å². The lowest BCUT2D eigenvalue weighted by Crippen LogP contribution is -2.48. The van der Waals surface area contributed by atoms with Crippen LogP contribution >= 0.6 is 0 Å². The summed E-state index contributed by atoms with van der Waals surface area (Å²) in [6.07, 6.45) is 4.81. The topological polar surface area (TPSA) is 58.4 Å². The smallest absolute Gasteiger partial charge is 0.269 e. The van der Waals surface area contributed by atoms with Crippen molar-refractivity contribution in [2.75, 3.05) is 11.9 Å². The lowest BCUT2D eigenvalue weighted by Gasteiger charge is -2.40. The number of hydrogen-bond donors (Lipinski definition) is 1. The van der Waals surface area contributed by atoms with E-state index in [-0.39, 0.29) is 10.6 Å². The van der Waals surface area contributed by atoms with Crippen molar-refractivity contribution in [3.63, 3.8) is 0 Å². The molecule has 102 valence electrons. The van der Waals surface area contributed by atoms with Gasteiger partial charge in [0.1, 0.15) is 0 Å². The van der Waals surface area contributed by atoms with Crippen molar-refractivity contribution in [2.45, 2.75) is 43.8 Å². The van der Waals surface area contributed by atoms with Crippen LogP contribution in [0.25, 0.3) is 0 Å². The van der Waals surface area contributed by atoms with Gasteiger partial charge in [-0.2, -0.15) is 0 Å². The van der Waals surface area contributed by atoms with Gasteiger partial charge in [0.05, 0.1) is 4.92 Å². The van der Waals surface area contributed by atoms with Crippen LogP contribution in [0.5, 0.6) is 0 Å². The summed E-state index contributed by atoms with van der Waals surface area (Å²) in [5, 5.41) is 14.1. The molecule has 1 aromatic carbocycles. The van der Waals surface area contributed by atoms with Gasteiger partial charge >= 0.3 is 0 Å². The first-order valence-electron chi connectivity index (χ1n) is 6.89. The highest BCUT2D eigenvalue weighted by atomic mass is 16.6. The molecular formula is C14H19N3O2. The Morgan fingerprint density at radius 2 is 1.79 bits per heavy atom. The van der Waals surface area contributed by atoms with Crippen molar-refractivity contribution in [3.8, 4) is 0 Å². The van der Waals surface area contributed by atoms with Crippen molar-refractivity contribution in [2.24, 2.45) is 0 Å². The molecule has 2 bridgehead atoms. The first kappa shape index (κ1) is 12.4. The Labute approximate surface area is 112 Å². The molecule has 1 aromatic rings. The van der Waals surface area contributed by atoms with Crippen molar-refractivity contribution in [3.05, 3.63) is 34.4 Å². The number of piperidine rings is 1. The summed E-state index contributed by atoms with van der Waals surface area (Å²) in [6, 6.07) is 8.78. The van der Waals surface area contributed by atoms with Gasteiger partial charge in [0.2, 0.25) is 0 Å². The predicted molar refractivity (Wildman–Crippen MR) is 74.5 cm³/mol. The van der Waals surface area contributed by atoms with Crippen LogP contribution in [-0.4, -0.2) is 30.1 Å². The molecule has 0 radical (unpaired) electrons. The number of fused-ring (bicyclic) bond motifs is 2. The zero-order valence-electron chi connectivity index (χ0n) is 11.1. The molecule has 0 saturated carbocycles. The molecule has 0 spiro atoms. The molecule has 2 heterocycles. The van der Waals surface area contributed by atoms with Crippen LogP contribution in [0.2, 0.25) is 0 Å². The predicted octanol–water partition coefficient (Wildman–Crippen LogP) is 2.31. The van der Waals surface area contributed by atoms with Crippen molar-refractivity contribution < 1.29 is 4.92 Å². The maximum absolute atomic E-state index is 10.7. The third kappa shape index (κ3) is 2.18. The monoisotopic (exact) mass is 261 g/mol. The highest BCUT2D eigenvalue weighted by Crippen LogP contribution is 2.39. The highest BCUT2D eigenvalue weighted by Gasteiger charge is 2.40. The molecule has 2 aliphatic heterocycles. The number of nitro benzene ring substituents is 1. The second-order valence-corrected chi connectivity index (χ2v) is 5.52. The third-order valence-electron chi connectivity index (χ3n) is 4.50. The van der Waals surface area contributed by atoms with Gasteiger partial charge in [0.15, 0.2) is 0 Å². The van der Waals surface area contributed by atoms with Gasteiger partial charge in [-0.1, -0.05) is 0 Å². The average Bonchev–Trinajstić information content (AvgIpc) is 2.69. The van der Waals surface area contributed by atoms with Gasteiger partial charge in [-0.15, -0.1) is 0 Å². The van der Waals surface area contributed by atoms with E-state index < -0.39 is 0 Å². The zero-order valence-corrected chi connectivity index (χ0v) is 11.1. The summed E-state index contributed by atoms with van der Waals surface area (Å²) in [5.41, 5.74) is 1.30. The van der Waals surface area contributed by atoms with Gasteiger partial charge in [-0.05, 0) is 44.9 Å². The fourth-order valence-corrected chi connectivity index (χ4v) is 3.58. The Kier molecular flexibility index (Phi) is 3.14. The minimum absolute atomic E-state index is 0.168. The second kappa shape index (κ2) is 4.81. The van der Waals surface area contributed by atoms with Crippen LogP contribution in [0.15, 0.2) is 24.3 Å². The Morgan fingerprint density at radius 3 is 2.26 bits per heavy atom. The third-order valence-corrected chi connectivity index (χ3v) is 4.50. The summed E-state index contributed by atoms with van der Waals surface area (Å²) in [6.45, 7) is 0. The number of anilines is 1. The number of nitrogens with zero attached hydrogens (tertiary/aromatic N) is 2. The van der Waals surface area contributed by atoms with Crippen LogP contribution < -0.4 is 10.2 Å². The fraction of sp³-hybridized carbons (Fsp3) is 0.571. The number of rotatable bonds is 3. The van der Waals surface area contributed by atoms with E-state index in [1.54, 1.807) is 12.1 Å². The van der Waals surface area contributed by atoms with Crippen LogP contribution in [0, 0.1) is 10.1 Å². The van der Waals surface area contributed by atoms with E-state index >= 15 is 0 Å². The maximum atomic E-state index is 10.7. The maximum Gasteiger partial charge on any atom is 0.269 e. The van der Waals surface area contributed by atoms with E-state index in [0.717, 1.165) is 5.69 Å². The first-order valence-corrected chi connectivity index (χ1v) is 6.89. The van der Waals surface area contributed by atoms with Gasteiger partial charge in [-0.3, -0.25) is 10.1 Å². The molecule has 2 fully saturated rings. The fourth-order valence-electron chi connectivity index (χ4n) is 3.58. The van der Waals surface area contributed by atoms with Crippen LogP contribution in [0.1, 0.15) is 25.7 Å². The molecule has 1 N–H and O–H groups in total. The summed E-state index contributed by atoms with van der Waals surface area (Å²) in [7, 11) is 2.03. The quantitative estimate of drug-likeness (QED) is 0.670. The SMILES string of the molecule is CNC1CC2CCC(C1)N2c1ccc([N+](=O)[O-])cc1. The van der Waals surface area contributed by atoms with Crippen LogP contribution in [-0.2, 0) is 0 Å². The Morgan fingerprint density at radius 1 is 1.21 bits per heavy atom. The molecule has 2 unspecified atom stereocenters. The lowest BCUT2D eigenvalue weighted by molar-refractivity contribution is -0.384. The summed E-state index contributed by atoms with van der Waals surface area (Å²) in [5.74, 6) is 0. The van der Waals surface area contributed by atoms with Crippen molar-refractivity contribution in [1.82, 2.24) is 5.32 Å². The number of nitro groups is 1. The zero-order chi connectivity index (χ0) is 13.4. The van der Waals surface area contributed by atoms with E-state index in [1.165, 1.54) is 25.7 Å². The summed E-state index contributed by atoms with van der Waals surface area (Å²) in [4.78, 5) is 12.8. The molecule has 5 heteroatoms. The van der Waals surface area contributed by atoms with Crippen LogP contribution in [0.3, 0.4) is 0 Å². The van der Waals surface area contributed by atoms with E-state index in [4.69, 9.17) is 0 Å². The minimum atomic E-state index is -0.342. The molecule has 0 aliphatic carbocycles. The van der Waals surface area contributed by atoms with Gasteiger partial charge < -0.3 is 10.2 Å². The van der Waals surface area contributed by atoms with E-state index in [2.05, 4.69) is 10.2 Å². The molecule has 5 nitrogen and oxygen atoms in total. The molecule has 19 heavy (non-hydrogen) atoms. The first-order chi connectivity index (χ1) is 9.19. The molecule has 3 rings (SSSR count). The van der Waals surface area contributed by atoms with Gasteiger partial charge in [-0.25, -0.2) is 0 Å².